The van der Waals surface area contributed by atoms with Crippen molar-refractivity contribution in [1.29, 1.82) is 0 Å². The standard InChI is InChI=1S/C19H19N3O4/c1-12(16-10-15(24-2)8-9-17(16)25-3)21-18(23)13-4-6-14(7-5-13)19-22-20-11-26-19/h4-12H,1-3H3,(H,21,23)/t12-/m1/s1. The monoisotopic (exact) mass is 353 g/mol. The van der Waals surface area contributed by atoms with E-state index in [0.29, 0.717) is 23.0 Å². The lowest BCUT2D eigenvalue weighted by atomic mass is 10.1. The van der Waals surface area contributed by atoms with E-state index in [1.807, 2.05) is 25.1 Å². The molecule has 0 aliphatic rings. The molecule has 7 nitrogen and oxygen atoms in total. The Morgan fingerprint density at radius 2 is 1.88 bits per heavy atom. The van der Waals surface area contributed by atoms with Crippen LogP contribution in [0.5, 0.6) is 11.5 Å². The molecule has 1 heterocycles. The summed E-state index contributed by atoms with van der Waals surface area (Å²) in [6.45, 7) is 1.89. The predicted molar refractivity (Wildman–Crippen MR) is 95.2 cm³/mol. The molecule has 0 saturated carbocycles. The number of carbonyl (C=O) groups is 1. The molecule has 0 fully saturated rings. The average molecular weight is 353 g/mol. The summed E-state index contributed by atoms with van der Waals surface area (Å²) in [7, 11) is 3.19. The zero-order valence-electron chi connectivity index (χ0n) is 14.7. The fourth-order valence-corrected chi connectivity index (χ4v) is 2.60. The van der Waals surface area contributed by atoms with Crippen LogP contribution in [0.2, 0.25) is 0 Å². The topological polar surface area (TPSA) is 86.5 Å². The smallest absolute Gasteiger partial charge is 0.251 e. The van der Waals surface area contributed by atoms with E-state index >= 15 is 0 Å². The van der Waals surface area contributed by atoms with Crippen molar-refractivity contribution in [1.82, 2.24) is 15.5 Å². The maximum absolute atomic E-state index is 12.5. The Bertz CT molecular complexity index is 876. The van der Waals surface area contributed by atoms with Crippen LogP contribution in [0.3, 0.4) is 0 Å². The predicted octanol–water partition coefficient (Wildman–Crippen LogP) is 3.24. The van der Waals surface area contributed by atoms with Gasteiger partial charge in [-0.25, -0.2) is 0 Å². The maximum atomic E-state index is 12.5. The summed E-state index contributed by atoms with van der Waals surface area (Å²) in [6.07, 6.45) is 1.26. The average Bonchev–Trinajstić information content (AvgIpc) is 3.22. The Balaban J connectivity index is 1.75. The van der Waals surface area contributed by atoms with Crippen molar-refractivity contribution in [3.05, 3.63) is 60.0 Å². The van der Waals surface area contributed by atoms with E-state index in [1.165, 1.54) is 6.39 Å². The highest BCUT2D eigenvalue weighted by Crippen LogP contribution is 2.29. The third kappa shape index (κ3) is 3.66. The van der Waals surface area contributed by atoms with Crippen molar-refractivity contribution < 1.29 is 18.7 Å². The van der Waals surface area contributed by atoms with Gasteiger partial charge < -0.3 is 19.2 Å². The Hall–Kier alpha value is -3.35. The number of ether oxygens (including phenoxy) is 2. The van der Waals surface area contributed by atoms with Gasteiger partial charge in [0.25, 0.3) is 5.91 Å². The third-order valence-electron chi connectivity index (χ3n) is 4.01. The summed E-state index contributed by atoms with van der Waals surface area (Å²) < 4.78 is 15.8. The van der Waals surface area contributed by atoms with Crippen LogP contribution in [0.4, 0.5) is 0 Å². The second-order valence-corrected chi connectivity index (χ2v) is 5.62. The van der Waals surface area contributed by atoms with Gasteiger partial charge in [-0.3, -0.25) is 4.79 Å². The minimum Gasteiger partial charge on any atom is -0.497 e. The molecular weight excluding hydrogens is 334 g/mol. The fourth-order valence-electron chi connectivity index (χ4n) is 2.60. The van der Waals surface area contributed by atoms with Crippen molar-refractivity contribution in [2.45, 2.75) is 13.0 Å². The maximum Gasteiger partial charge on any atom is 0.251 e. The Labute approximate surface area is 151 Å². The van der Waals surface area contributed by atoms with Crippen molar-refractivity contribution in [3.8, 4) is 23.0 Å². The summed E-state index contributed by atoms with van der Waals surface area (Å²) in [5.41, 5.74) is 2.12. The number of aromatic nitrogens is 2. The van der Waals surface area contributed by atoms with Gasteiger partial charge >= 0.3 is 0 Å². The number of rotatable bonds is 6. The van der Waals surface area contributed by atoms with Crippen molar-refractivity contribution in [3.63, 3.8) is 0 Å². The summed E-state index contributed by atoms with van der Waals surface area (Å²) in [5.74, 6) is 1.60. The highest BCUT2D eigenvalue weighted by molar-refractivity contribution is 5.94. The minimum absolute atomic E-state index is 0.195. The molecule has 0 saturated heterocycles. The summed E-state index contributed by atoms with van der Waals surface area (Å²) >= 11 is 0. The quantitative estimate of drug-likeness (QED) is 0.732. The van der Waals surface area contributed by atoms with Gasteiger partial charge in [0.2, 0.25) is 12.3 Å². The van der Waals surface area contributed by atoms with Gasteiger partial charge in [-0.1, -0.05) is 0 Å². The van der Waals surface area contributed by atoms with E-state index in [0.717, 1.165) is 11.1 Å². The first-order valence-electron chi connectivity index (χ1n) is 8.01. The number of methoxy groups -OCH3 is 2. The zero-order valence-corrected chi connectivity index (χ0v) is 14.7. The highest BCUT2D eigenvalue weighted by atomic mass is 16.5. The largest absolute Gasteiger partial charge is 0.497 e. The van der Waals surface area contributed by atoms with Crippen molar-refractivity contribution >= 4 is 5.91 Å². The molecule has 1 aromatic heterocycles. The number of amides is 1. The van der Waals surface area contributed by atoms with E-state index in [9.17, 15) is 4.79 Å². The van der Waals surface area contributed by atoms with Crippen molar-refractivity contribution in [2.24, 2.45) is 0 Å². The lowest BCUT2D eigenvalue weighted by Gasteiger charge is -2.18. The van der Waals surface area contributed by atoms with Gasteiger partial charge in [0.1, 0.15) is 11.5 Å². The molecule has 1 amide bonds. The summed E-state index contributed by atoms with van der Waals surface area (Å²) in [4.78, 5) is 12.5. The Morgan fingerprint density at radius 1 is 1.12 bits per heavy atom. The Morgan fingerprint density at radius 3 is 2.50 bits per heavy atom. The van der Waals surface area contributed by atoms with Crippen molar-refractivity contribution in [2.75, 3.05) is 14.2 Å². The normalized spacial score (nSPS) is 11.7. The van der Waals surface area contributed by atoms with Crippen LogP contribution in [0.25, 0.3) is 11.5 Å². The van der Waals surface area contributed by atoms with Crippen LogP contribution in [0.15, 0.2) is 53.3 Å². The van der Waals surface area contributed by atoms with Gasteiger partial charge in [0, 0.05) is 16.7 Å². The number of carbonyl (C=O) groups excluding carboxylic acids is 1. The minimum atomic E-state index is -0.261. The molecule has 134 valence electrons. The second-order valence-electron chi connectivity index (χ2n) is 5.62. The second kappa shape index (κ2) is 7.69. The molecular formula is C19H19N3O4. The molecule has 0 radical (unpaired) electrons. The fraction of sp³-hybridized carbons (Fsp3) is 0.211. The first kappa shape index (κ1) is 17.5. The van der Waals surface area contributed by atoms with Gasteiger partial charge in [-0.05, 0) is 49.4 Å². The van der Waals surface area contributed by atoms with Gasteiger partial charge in [0.15, 0.2) is 0 Å². The third-order valence-corrected chi connectivity index (χ3v) is 4.01. The molecule has 0 unspecified atom stereocenters. The molecule has 3 aromatic rings. The number of nitrogens with zero attached hydrogens (tertiary/aromatic N) is 2. The summed E-state index contributed by atoms with van der Waals surface area (Å²) in [5, 5.41) is 10.4. The van der Waals surface area contributed by atoms with Gasteiger partial charge in [0.05, 0.1) is 20.3 Å². The van der Waals surface area contributed by atoms with Crippen LogP contribution in [-0.2, 0) is 0 Å². The first-order chi connectivity index (χ1) is 12.6. The molecule has 7 heteroatoms. The number of benzene rings is 2. The van der Waals surface area contributed by atoms with Crippen LogP contribution in [0, 0.1) is 0 Å². The number of hydrogen-bond acceptors (Lipinski definition) is 6. The molecule has 3 rings (SSSR count). The van der Waals surface area contributed by atoms with E-state index in [1.54, 1.807) is 38.5 Å². The van der Waals surface area contributed by atoms with Crippen LogP contribution < -0.4 is 14.8 Å². The molecule has 26 heavy (non-hydrogen) atoms. The number of nitrogens with one attached hydrogen (secondary N) is 1. The van der Waals surface area contributed by atoms with Crippen LogP contribution in [-0.4, -0.2) is 30.3 Å². The highest BCUT2D eigenvalue weighted by Gasteiger charge is 2.16. The van der Waals surface area contributed by atoms with Gasteiger partial charge in [-0.15, -0.1) is 10.2 Å². The SMILES string of the molecule is COc1ccc(OC)c([C@@H](C)NC(=O)c2ccc(-c3nnco3)cc2)c1. The van der Waals surface area contributed by atoms with E-state index in [2.05, 4.69) is 15.5 Å². The van der Waals surface area contributed by atoms with E-state index in [4.69, 9.17) is 13.9 Å². The first-order valence-corrected chi connectivity index (χ1v) is 8.01. The molecule has 0 bridgehead atoms. The molecule has 0 aliphatic carbocycles. The van der Waals surface area contributed by atoms with E-state index in [-0.39, 0.29) is 11.9 Å². The number of hydrogen-bond donors (Lipinski definition) is 1. The molecule has 2 aromatic carbocycles. The summed E-state index contributed by atoms with van der Waals surface area (Å²) in [6, 6.07) is 12.2. The molecule has 0 spiro atoms. The van der Waals surface area contributed by atoms with Crippen LogP contribution >= 0.6 is 0 Å². The molecule has 1 atom stereocenters. The lowest BCUT2D eigenvalue weighted by Crippen LogP contribution is -2.26. The molecule has 1 N–H and O–H groups in total. The lowest BCUT2D eigenvalue weighted by molar-refractivity contribution is 0.0939. The zero-order chi connectivity index (χ0) is 18.5. The van der Waals surface area contributed by atoms with Gasteiger partial charge in [-0.2, -0.15) is 0 Å². The van der Waals surface area contributed by atoms with E-state index < -0.39 is 0 Å². The molecule has 0 aliphatic heterocycles. The Kier molecular flexibility index (Phi) is 5.17. The van der Waals surface area contributed by atoms with Crippen LogP contribution in [0.1, 0.15) is 28.9 Å².